The number of halogens is 2. The molecule has 6 heteroatoms. The van der Waals surface area contributed by atoms with Gasteiger partial charge in [0.15, 0.2) is 0 Å². The lowest BCUT2D eigenvalue weighted by Crippen LogP contribution is -1.94. The standard InChI is InChI=1S/C14H10BrClO3S/c15-11-7-9(2-6-14(17)18)1-4-12(11)19-8-10-3-5-13(16)20-10/h1-7H,8H2,(H,17,18). The van der Waals surface area contributed by atoms with Gasteiger partial charge in [-0.15, -0.1) is 11.3 Å². The van der Waals surface area contributed by atoms with Crippen LogP contribution in [0, 0.1) is 0 Å². The Balaban J connectivity index is 2.04. The molecular weight excluding hydrogens is 364 g/mol. The van der Waals surface area contributed by atoms with E-state index in [2.05, 4.69) is 15.9 Å². The molecule has 0 aliphatic rings. The molecule has 1 aromatic heterocycles. The molecule has 0 fully saturated rings. The Morgan fingerprint density at radius 3 is 2.80 bits per heavy atom. The van der Waals surface area contributed by atoms with E-state index in [0.29, 0.717) is 12.4 Å². The van der Waals surface area contributed by atoms with Crippen molar-refractivity contribution in [3.05, 3.63) is 55.7 Å². The van der Waals surface area contributed by atoms with Crippen molar-refractivity contribution >= 4 is 50.9 Å². The largest absolute Gasteiger partial charge is 0.487 e. The number of carboxylic acids is 1. The molecule has 0 aliphatic carbocycles. The van der Waals surface area contributed by atoms with E-state index in [4.69, 9.17) is 21.4 Å². The quantitative estimate of drug-likeness (QED) is 0.763. The maximum absolute atomic E-state index is 10.5. The molecule has 0 radical (unpaired) electrons. The highest BCUT2D eigenvalue weighted by molar-refractivity contribution is 9.10. The van der Waals surface area contributed by atoms with Gasteiger partial charge in [0, 0.05) is 11.0 Å². The molecule has 0 unspecified atom stereocenters. The van der Waals surface area contributed by atoms with E-state index in [1.165, 1.54) is 17.4 Å². The molecular formula is C14H10BrClO3S. The number of aliphatic carboxylic acids is 1. The summed E-state index contributed by atoms with van der Waals surface area (Å²) in [5, 5.41) is 8.58. The minimum absolute atomic E-state index is 0.445. The average Bonchev–Trinajstić information content (AvgIpc) is 2.81. The minimum Gasteiger partial charge on any atom is -0.487 e. The Morgan fingerprint density at radius 2 is 2.20 bits per heavy atom. The highest BCUT2D eigenvalue weighted by Gasteiger charge is 2.04. The molecule has 0 saturated heterocycles. The molecule has 0 saturated carbocycles. The number of hydrogen-bond donors (Lipinski definition) is 1. The summed E-state index contributed by atoms with van der Waals surface area (Å²) in [6.07, 6.45) is 2.62. The summed E-state index contributed by atoms with van der Waals surface area (Å²) >= 11 is 10.7. The molecule has 0 amide bonds. The van der Waals surface area contributed by atoms with Crippen molar-refractivity contribution in [2.24, 2.45) is 0 Å². The summed E-state index contributed by atoms with van der Waals surface area (Å²) in [4.78, 5) is 11.5. The fraction of sp³-hybridized carbons (Fsp3) is 0.0714. The number of carboxylic acid groups (broad SMARTS) is 1. The smallest absolute Gasteiger partial charge is 0.328 e. The first-order valence-electron chi connectivity index (χ1n) is 5.62. The molecule has 3 nitrogen and oxygen atoms in total. The Morgan fingerprint density at radius 1 is 1.40 bits per heavy atom. The van der Waals surface area contributed by atoms with Gasteiger partial charge in [0.1, 0.15) is 12.4 Å². The van der Waals surface area contributed by atoms with Gasteiger partial charge >= 0.3 is 5.97 Å². The van der Waals surface area contributed by atoms with Gasteiger partial charge in [-0.25, -0.2) is 4.79 Å². The normalized spacial score (nSPS) is 10.9. The highest BCUT2D eigenvalue weighted by Crippen LogP contribution is 2.29. The van der Waals surface area contributed by atoms with Crippen molar-refractivity contribution in [1.82, 2.24) is 0 Å². The van der Waals surface area contributed by atoms with Crippen LogP contribution < -0.4 is 4.74 Å². The van der Waals surface area contributed by atoms with E-state index in [-0.39, 0.29) is 0 Å². The molecule has 1 heterocycles. The van der Waals surface area contributed by atoms with Crippen molar-refractivity contribution in [1.29, 1.82) is 0 Å². The fourth-order valence-electron chi connectivity index (χ4n) is 1.48. The molecule has 0 bridgehead atoms. The van der Waals surface area contributed by atoms with Gasteiger partial charge in [-0.3, -0.25) is 0 Å². The lowest BCUT2D eigenvalue weighted by atomic mass is 10.2. The van der Waals surface area contributed by atoms with Crippen LogP contribution in [-0.2, 0) is 11.4 Å². The van der Waals surface area contributed by atoms with Crippen LogP contribution in [0.2, 0.25) is 4.34 Å². The Kier molecular flexibility index (Phi) is 5.23. The van der Waals surface area contributed by atoms with Crippen molar-refractivity contribution in [3.63, 3.8) is 0 Å². The number of benzene rings is 1. The Labute approximate surface area is 133 Å². The van der Waals surface area contributed by atoms with E-state index < -0.39 is 5.97 Å². The van der Waals surface area contributed by atoms with Gasteiger partial charge < -0.3 is 9.84 Å². The van der Waals surface area contributed by atoms with Gasteiger partial charge in [-0.05, 0) is 51.8 Å². The topological polar surface area (TPSA) is 46.5 Å². The lowest BCUT2D eigenvalue weighted by Gasteiger charge is -2.07. The highest BCUT2D eigenvalue weighted by atomic mass is 79.9. The van der Waals surface area contributed by atoms with Crippen LogP contribution in [-0.4, -0.2) is 11.1 Å². The summed E-state index contributed by atoms with van der Waals surface area (Å²) in [5.74, 6) is -0.280. The number of hydrogen-bond acceptors (Lipinski definition) is 3. The van der Waals surface area contributed by atoms with Gasteiger partial charge in [0.2, 0.25) is 0 Å². The van der Waals surface area contributed by atoms with Crippen LogP contribution in [0.15, 0.2) is 40.9 Å². The number of ether oxygens (including phenoxy) is 1. The number of rotatable bonds is 5. The van der Waals surface area contributed by atoms with Crippen LogP contribution >= 0.6 is 38.9 Å². The monoisotopic (exact) mass is 372 g/mol. The molecule has 2 rings (SSSR count). The molecule has 0 atom stereocenters. The molecule has 0 aliphatic heterocycles. The Hall–Kier alpha value is -1.30. The van der Waals surface area contributed by atoms with Crippen LogP contribution in [0.25, 0.3) is 6.08 Å². The number of thiophene rings is 1. The van der Waals surface area contributed by atoms with Crippen molar-refractivity contribution in [2.75, 3.05) is 0 Å². The van der Waals surface area contributed by atoms with E-state index in [1.807, 2.05) is 12.1 Å². The summed E-state index contributed by atoms with van der Waals surface area (Å²) in [5.41, 5.74) is 0.783. The second-order valence-corrected chi connectivity index (χ2v) is 6.51. The molecule has 20 heavy (non-hydrogen) atoms. The maximum Gasteiger partial charge on any atom is 0.328 e. The minimum atomic E-state index is -0.976. The summed E-state index contributed by atoms with van der Waals surface area (Å²) < 4.78 is 7.19. The van der Waals surface area contributed by atoms with Gasteiger partial charge in [0.05, 0.1) is 8.81 Å². The van der Waals surface area contributed by atoms with Gasteiger partial charge in [-0.1, -0.05) is 17.7 Å². The van der Waals surface area contributed by atoms with Crippen LogP contribution in [0.5, 0.6) is 5.75 Å². The van der Waals surface area contributed by atoms with Gasteiger partial charge in [-0.2, -0.15) is 0 Å². The third kappa shape index (κ3) is 4.37. The molecule has 1 aromatic carbocycles. The molecule has 2 aromatic rings. The van der Waals surface area contributed by atoms with Crippen LogP contribution in [0.3, 0.4) is 0 Å². The van der Waals surface area contributed by atoms with Crippen molar-refractivity contribution in [2.45, 2.75) is 6.61 Å². The second-order valence-electron chi connectivity index (χ2n) is 3.86. The predicted octanol–water partition coefficient (Wildman–Crippen LogP) is 4.84. The van der Waals surface area contributed by atoms with E-state index in [0.717, 1.165) is 25.3 Å². The first kappa shape index (κ1) is 15.1. The summed E-state index contributed by atoms with van der Waals surface area (Å²) in [6, 6.07) is 9.14. The van der Waals surface area contributed by atoms with E-state index in [9.17, 15) is 4.79 Å². The molecule has 1 N–H and O–H groups in total. The average molecular weight is 374 g/mol. The van der Waals surface area contributed by atoms with Crippen LogP contribution in [0.1, 0.15) is 10.4 Å². The van der Waals surface area contributed by atoms with Crippen molar-refractivity contribution in [3.8, 4) is 5.75 Å². The third-order valence-electron chi connectivity index (χ3n) is 2.37. The SMILES string of the molecule is O=C(O)C=Cc1ccc(OCc2ccc(Cl)s2)c(Br)c1. The predicted molar refractivity (Wildman–Crippen MR) is 84.5 cm³/mol. The first-order chi connectivity index (χ1) is 9.54. The third-order valence-corrected chi connectivity index (χ3v) is 4.20. The number of carbonyl (C=O) groups is 1. The zero-order valence-electron chi connectivity index (χ0n) is 10.2. The zero-order valence-corrected chi connectivity index (χ0v) is 13.3. The molecule has 104 valence electrons. The summed E-state index contributed by atoms with van der Waals surface area (Å²) in [7, 11) is 0. The van der Waals surface area contributed by atoms with Crippen LogP contribution in [0.4, 0.5) is 0 Å². The zero-order chi connectivity index (χ0) is 14.5. The van der Waals surface area contributed by atoms with E-state index >= 15 is 0 Å². The first-order valence-corrected chi connectivity index (χ1v) is 7.61. The second kappa shape index (κ2) is 6.92. The summed E-state index contributed by atoms with van der Waals surface area (Å²) in [6.45, 7) is 0.445. The molecule has 0 spiro atoms. The van der Waals surface area contributed by atoms with E-state index in [1.54, 1.807) is 18.2 Å². The lowest BCUT2D eigenvalue weighted by molar-refractivity contribution is -0.131. The fourth-order valence-corrected chi connectivity index (χ4v) is 3.00. The van der Waals surface area contributed by atoms with Crippen molar-refractivity contribution < 1.29 is 14.6 Å². The van der Waals surface area contributed by atoms with Gasteiger partial charge in [0.25, 0.3) is 0 Å². The maximum atomic E-state index is 10.5. The Bertz CT molecular complexity index is 652.